The molecule has 0 amide bonds. The Morgan fingerprint density at radius 2 is 2.19 bits per heavy atom. The third-order valence-electron chi connectivity index (χ3n) is 2.86. The zero-order chi connectivity index (χ0) is 11.5. The van der Waals surface area contributed by atoms with Crippen molar-refractivity contribution in [2.24, 2.45) is 5.92 Å². The van der Waals surface area contributed by atoms with Crippen LogP contribution in [0, 0.1) is 5.92 Å². The van der Waals surface area contributed by atoms with E-state index < -0.39 is 0 Å². The van der Waals surface area contributed by atoms with Gasteiger partial charge in [0.05, 0.1) is 6.61 Å². The summed E-state index contributed by atoms with van der Waals surface area (Å²) in [4.78, 5) is 0.463. The zero-order valence-corrected chi connectivity index (χ0v) is 12.6. The highest BCUT2D eigenvalue weighted by molar-refractivity contribution is 9.11. The number of rotatable bonds is 5. The molecule has 88 valence electrons. The minimum atomic E-state index is 0.463. The van der Waals surface area contributed by atoms with Crippen molar-refractivity contribution in [1.29, 1.82) is 0 Å². The van der Waals surface area contributed by atoms with Gasteiger partial charge in [-0.2, -0.15) is 0 Å². The summed E-state index contributed by atoms with van der Waals surface area (Å²) in [7, 11) is 0. The molecule has 16 heavy (non-hydrogen) atoms. The van der Waals surface area contributed by atoms with Crippen LogP contribution in [-0.4, -0.2) is 6.61 Å². The molecule has 1 saturated carbocycles. The number of benzene rings is 1. The van der Waals surface area contributed by atoms with Crippen LogP contribution in [0.2, 0.25) is 0 Å². The summed E-state index contributed by atoms with van der Waals surface area (Å²) in [5.41, 5.74) is 1.33. The molecule has 1 aromatic rings. The van der Waals surface area contributed by atoms with Gasteiger partial charge in [-0.1, -0.05) is 50.8 Å². The van der Waals surface area contributed by atoms with Crippen molar-refractivity contribution in [2.45, 2.75) is 31.0 Å². The molecule has 0 N–H and O–H groups in total. The fourth-order valence-corrected chi connectivity index (χ4v) is 3.66. The number of ether oxygens (including phenoxy) is 1. The second-order valence-corrected chi connectivity index (χ2v) is 6.22. The Morgan fingerprint density at radius 1 is 1.44 bits per heavy atom. The van der Waals surface area contributed by atoms with Gasteiger partial charge in [-0.3, -0.25) is 0 Å². The summed E-state index contributed by atoms with van der Waals surface area (Å²) in [6.45, 7) is 2.72. The lowest BCUT2D eigenvalue weighted by Crippen LogP contribution is -1.95. The Hall–Kier alpha value is -0.0200. The van der Waals surface area contributed by atoms with E-state index in [4.69, 9.17) is 4.74 Å². The Morgan fingerprint density at radius 3 is 2.75 bits per heavy atom. The van der Waals surface area contributed by atoms with Crippen LogP contribution in [0.15, 0.2) is 22.7 Å². The number of hydrogen-bond donors (Lipinski definition) is 0. The first kappa shape index (κ1) is 12.4. The molecule has 0 heterocycles. The second kappa shape index (κ2) is 5.54. The highest BCUT2D eigenvalue weighted by atomic mass is 79.9. The van der Waals surface area contributed by atoms with Gasteiger partial charge >= 0.3 is 0 Å². The van der Waals surface area contributed by atoms with Crippen LogP contribution in [0.3, 0.4) is 0 Å². The Labute approximate surface area is 114 Å². The molecule has 0 bridgehead atoms. The SMILES string of the molecule is CCOc1ccc(C(Br)CC2CC2)c(Br)c1. The van der Waals surface area contributed by atoms with Crippen LogP contribution >= 0.6 is 31.9 Å². The molecule has 0 saturated heterocycles. The first-order chi connectivity index (χ1) is 7.70. The van der Waals surface area contributed by atoms with Crippen LogP contribution in [0.25, 0.3) is 0 Å². The minimum Gasteiger partial charge on any atom is -0.494 e. The minimum absolute atomic E-state index is 0.463. The molecule has 1 aromatic carbocycles. The maximum absolute atomic E-state index is 5.47. The third kappa shape index (κ3) is 3.24. The smallest absolute Gasteiger partial charge is 0.120 e. The molecule has 1 aliphatic rings. The van der Waals surface area contributed by atoms with Crippen molar-refractivity contribution in [3.8, 4) is 5.75 Å². The van der Waals surface area contributed by atoms with Gasteiger partial charge in [0.25, 0.3) is 0 Å². The predicted octanol–water partition coefficient (Wildman–Crippen LogP) is 5.08. The highest BCUT2D eigenvalue weighted by Crippen LogP contribution is 2.43. The van der Waals surface area contributed by atoms with Gasteiger partial charge in [0.15, 0.2) is 0 Å². The van der Waals surface area contributed by atoms with Gasteiger partial charge in [0, 0.05) is 9.30 Å². The first-order valence-electron chi connectivity index (χ1n) is 5.77. The number of halogens is 2. The number of alkyl halides is 1. The van der Waals surface area contributed by atoms with Crippen molar-refractivity contribution in [1.82, 2.24) is 0 Å². The summed E-state index contributed by atoms with van der Waals surface area (Å²) >= 11 is 7.39. The van der Waals surface area contributed by atoms with E-state index in [1.54, 1.807) is 0 Å². The third-order valence-corrected chi connectivity index (χ3v) is 4.41. The fraction of sp³-hybridized carbons (Fsp3) is 0.538. The van der Waals surface area contributed by atoms with Gasteiger partial charge in [-0.05, 0) is 37.0 Å². The van der Waals surface area contributed by atoms with E-state index in [9.17, 15) is 0 Å². The summed E-state index contributed by atoms with van der Waals surface area (Å²) < 4.78 is 6.61. The van der Waals surface area contributed by atoms with Crippen molar-refractivity contribution in [3.05, 3.63) is 28.2 Å². The zero-order valence-electron chi connectivity index (χ0n) is 9.38. The van der Waals surface area contributed by atoms with Gasteiger partial charge in [0.2, 0.25) is 0 Å². The van der Waals surface area contributed by atoms with E-state index in [1.165, 1.54) is 24.8 Å². The van der Waals surface area contributed by atoms with E-state index in [2.05, 4.69) is 44.0 Å². The average molecular weight is 348 g/mol. The maximum atomic E-state index is 5.47. The predicted molar refractivity (Wildman–Crippen MR) is 74.3 cm³/mol. The largest absolute Gasteiger partial charge is 0.494 e. The summed E-state index contributed by atoms with van der Waals surface area (Å²) in [5.74, 6) is 1.87. The van der Waals surface area contributed by atoms with Gasteiger partial charge < -0.3 is 4.74 Å². The van der Waals surface area contributed by atoms with E-state index in [1.807, 2.05) is 13.0 Å². The molecule has 1 unspecified atom stereocenters. The quantitative estimate of drug-likeness (QED) is 0.674. The van der Waals surface area contributed by atoms with Crippen LogP contribution in [0.4, 0.5) is 0 Å². The molecule has 0 aromatic heterocycles. The Kier molecular flexibility index (Phi) is 4.31. The monoisotopic (exact) mass is 346 g/mol. The molecule has 3 heteroatoms. The van der Waals surface area contributed by atoms with Crippen LogP contribution in [0.1, 0.15) is 36.6 Å². The van der Waals surface area contributed by atoms with Gasteiger partial charge in [-0.25, -0.2) is 0 Å². The molecular weight excluding hydrogens is 332 g/mol. The summed E-state index contributed by atoms with van der Waals surface area (Å²) in [6.07, 6.45) is 4.04. The number of hydrogen-bond acceptors (Lipinski definition) is 1. The Bertz CT molecular complexity index is 361. The lowest BCUT2D eigenvalue weighted by Gasteiger charge is -2.13. The van der Waals surface area contributed by atoms with Crippen molar-refractivity contribution >= 4 is 31.9 Å². The normalized spacial score (nSPS) is 17.2. The highest BCUT2D eigenvalue weighted by Gasteiger charge is 2.25. The van der Waals surface area contributed by atoms with Gasteiger partial charge in [0.1, 0.15) is 5.75 Å². The molecule has 2 rings (SSSR count). The lowest BCUT2D eigenvalue weighted by molar-refractivity contribution is 0.340. The van der Waals surface area contributed by atoms with Crippen molar-refractivity contribution < 1.29 is 4.74 Å². The Balaban J connectivity index is 2.07. The molecule has 0 aliphatic heterocycles. The maximum Gasteiger partial charge on any atom is 0.120 e. The standard InChI is InChI=1S/C13H16Br2O/c1-2-16-10-5-6-11(13(15)8-10)12(14)7-9-3-4-9/h5-6,8-9,12H,2-4,7H2,1H3. The molecule has 0 spiro atoms. The van der Waals surface area contributed by atoms with Gasteiger partial charge in [-0.15, -0.1) is 0 Å². The van der Waals surface area contributed by atoms with Crippen LogP contribution in [-0.2, 0) is 0 Å². The van der Waals surface area contributed by atoms with Crippen LogP contribution in [0.5, 0.6) is 5.75 Å². The van der Waals surface area contributed by atoms with Crippen LogP contribution < -0.4 is 4.74 Å². The molecular formula is C13H16Br2O. The lowest BCUT2D eigenvalue weighted by atomic mass is 10.1. The fourth-order valence-electron chi connectivity index (χ4n) is 1.79. The molecule has 1 fully saturated rings. The molecule has 0 radical (unpaired) electrons. The van der Waals surface area contributed by atoms with Crippen molar-refractivity contribution in [3.63, 3.8) is 0 Å². The molecule has 1 aliphatic carbocycles. The second-order valence-electron chi connectivity index (χ2n) is 4.26. The van der Waals surface area contributed by atoms with Crippen molar-refractivity contribution in [2.75, 3.05) is 6.61 Å². The average Bonchev–Trinajstić information content (AvgIpc) is 3.02. The van der Waals surface area contributed by atoms with E-state index in [0.29, 0.717) is 11.4 Å². The summed E-state index contributed by atoms with van der Waals surface area (Å²) in [5, 5.41) is 0. The van der Waals surface area contributed by atoms with E-state index in [0.717, 1.165) is 16.1 Å². The van der Waals surface area contributed by atoms with E-state index in [-0.39, 0.29) is 0 Å². The van der Waals surface area contributed by atoms with E-state index >= 15 is 0 Å². The molecule has 1 nitrogen and oxygen atoms in total. The first-order valence-corrected chi connectivity index (χ1v) is 7.48. The topological polar surface area (TPSA) is 9.23 Å². The summed E-state index contributed by atoms with van der Waals surface area (Å²) in [6, 6.07) is 6.25. The molecule has 1 atom stereocenters.